The van der Waals surface area contributed by atoms with Gasteiger partial charge in [0.25, 0.3) is 23.6 Å². The first-order valence-electron chi connectivity index (χ1n) is 15.3. The van der Waals surface area contributed by atoms with E-state index in [0.717, 1.165) is 5.03 Å². The molecule has 4 amide bonds. The molecule has 1 aromatic heterocycles. The second-order valence-electron chi connectivity index (χ2n) is 9.58. The minimum absolute atomic E-state index is 0.108. The van der Waals surface area contributed by atoms with Crippen LogP contribution in [-0.4, -0.2) is 80.2 Å². The van der Waals surface area contributed by atoms with Gasteiger partial charge in [0, 0.05) is 72.9 Å². The van der Waals surface area contributed by atoms with Crippen LogP contribution in [0.1, 0.15) is 53.8 Å². The molecule has 50 heavy (non-hydrogen) atoms. The number of nitrogen functional groups attached to an aromatic ring is 2. The SMILES string of the molecule is CC.Nc1ccc(C(=O)NCCSSCCNC(=O)c2ccc(N)cc2O)c(O)c1.O=C(CCSSc1ccccn1)ON1C(=O)CCC1=O. The highest BCUT2D eigenvalue weighted by Gasteiger charge is 2.32. The molecule has 2 aromatic carbocycles. The smallest absolute Gasteiger partial charge is 0.334 e. The first-order chi connectivity index (χ1) is 24.0. The zero-order chi connectivity index (χ0) is 36.9. The molecule has 3 aromatic rings. The third-order valence-electron chi connectivity index (χ3n) is 5.93. The van der Waals surface area contributed by atoms with E-state index in [0.29, 0.717) is 46.8 Å². The number of hydrogen-bond donors (Lipinski definition) is 6. The topological polar surface area (TPSA) is 227 Å². The lowest BCUT2D eigenvalue weighted by molar-refractivity contribution is -0.197. The van der Waals surface area contributed by atoms with E-state index in [4.69, 9.17) is 16.3 Å². The van der Waals surface area contributed by atoms with E-state index in [1.807, 2.05) is 32.0 Å². The molecular formula is C32H40N6O8S4. The Hall–Kier alpha value is -4.26. The van der Waals surface area contributed by atoms with Gasteiger partial charge in [0.05, 0.1) is 17.5 Å². The number of benzene rings is 2. The van der Waals surface area contributed by atoms with E-state index in [1.54, 1.807) is 39.9 Å². The van der Waals surface area contributed by atoms with Crippen molar-refractivity contribution in [1.82, 2.24) is 20.7 Å². The Bertz CT molecular complexity index is 1500. The number of phenolic OH excluding ortho intramolecular Hbond substituents is 2. The van der Waals surface area contributed by atoms with Crippen molar-refractivity contribution in [3.05, 3.63) is 71.9 Å². The van der Waals surface area contributed by atoms with Gasteiger partial charge in [0.15, 0.2) is 0 Å². The van der Waals surface area contributed by atoms with Crippen molar-refractivity contribution in [2.24, 2.45) is 0 Å². The molecule has 14 nitrogen and oxygen atoms in total. The van der Waals surface area contributed by atoms with Gasteiger partial charge in [0.2, 0.25) is 0 Å². The van der Waals surface area contributed by atoms with Crippen molar-refractivity contribution in [3.8, 4) is 11.5 Å². The fourth-order valence-electron chi connectivity index (χ4n) is 3.63. The van der Waals surface area contributed by atoms with Crippen LogP contribution in [0.3, 0.4) is 0 Å². The number of aromatic hydroxyl groups is 2. The van der Waals surface area contributed by atoms with E-state index >= 15 is 0 Å². The summed E-state index contributed by atoms with van der Waals surface area (Å²) in [5.41, 5.74) is 12.2. The summed E-state index contributed by atoms with van der Waals surface area (Å²) < 4.78 is 0. The largest absolute Gasteiger partial charge is 0.507 e. The highest BCUT2D eigenvalue weighted by molar-refractivity contribution is 8.77. The van der Waals surface area contributed by atoms with E-state index in [-0.39, 0.29) is 53.7 Å². The Balaban J connectivity index is 0.000000347. The number of hydroxylamine groups is 2. The number of nitrogens with two attached hydrogens (primary N) is 2. The Labute approximate surface area is 306 Å². The highest BCUT2D eigenvalue weighted by atomic mass is 33.1. The molecule has 0 spiro atoms. The maximum absolute atomic E-state index is 12.0. The van der Waals surface area contributed by atoms with Crippen LogP contribution in [0.25, 0.3) is 0 Å². The van der Waals surface area contributed by atoms with Gasteiger partial charge in [-0.1, -0.05) is 52.3 Å². The summed E-state index contributed by atoms with van der Waals surface area (Å²) in [6.07, 6.45) is 2.04. The maximum Gasteiger partial charge on any atom is 0.334 e. The number of imide groups is 1. The van der Waals surface area contributed by atoms with Crippen molar-refractivity contribution in [3.63, 3.8) is 0 Å². The van der Waals surface area contributed by atoms with Crippen molar-refractivity contribution in [2.45, 2.75) is 38.1 Å². The molecule has 0 bridgehead atoms. The highest BCUT2D eigenvalue weighted by Crippen LogP contribution is 2.29. The van der Waals surface area contributed by atoms with Crippen molar-refractivity contribution in [2.75, 3.05) is 41.8 Å². The number of anilines is 2. The van der Waals surface area contributed by atoms with E-state index < -0.39 is 17.8 Å². The summed E-state index contributed by atoms with van der Waals surface area (Å²) in [4.78, 5) is 66.8. The number of carbonyl (C=O) groups is 5. The predicted octanol–water partition coefficient (Wildman–Crippen LogP) is 4.65. The van der Waals surface area contributed by atoms with E-state index in [1.165, 1.54) is 45.9 Å². The van der Waals surface area contributed by atoms with Crippen LogP contribution in [0, 0.1) is 0 Å². The van der Waals surface area contributed by atoms with Gasteiger partial charge >= 0.3 is 5.97 Å². The fraction of sp³-hybridized carbons (Fsp3) is 0.312. The van der Waals surface area contributed by atoms with Crippen LogP contribution in [0.2, 0.25) is 0 Å². The minimum Gasteiger partial charge on any atom is -0.507 e. The molecule has 0 atom stereocenters. The van der Waals surface area contributed by atoms with Crippen LogP contribution in [0.15, 0.2) is 65.8 Å². The third-order valence-corrected chi connectivity index (χ3v) is 10.6. The van der Waals surface area contributed by atoms with Gasteiger partial charge in [0.1, 0.15) is 16.5 Å². The van der Waals surface area contributed by atoms with Gasteiger partial charge in [-0.2, -0.15) is 0 Å². The molecule has 1 fully saturated rings. The number of rotatable bonds is 15. The summed E-state index contributed by atoms with van der Waals surface area (Å²) in [5.74, 6) is -0.684. The average molecular weight is 765 g/mol. The second kappa shape index (κ2) is 23.2. The number of aromatic nitrogens is 1. The molecule has 1 aliphatic heterocycles. The summed E-state index contributed by atoms with van der Waals surface area (Å²) in [6, 6.07) is 14.3. The summed E-state index contributed by atoms with van der Waals surface area (Å²) >= 11 is 0. The molecule has 270 valence electrons. The lowest BCUT2D eigenvalue weighted by Crippen LogP contribution is -2.32. The fourth-order valence-corrected chi connectivity index (χ4v) is 7.29. The number of phenols is 2. The van der Waals surface area contributed by atoms with Gasteiger partial charge in [-0.3, -0.25) is 19.2 Å². The zero-order valence-corrected chi connectivity index (χ0v) is 30.7. The van der Waals surface area contributed by atoms with Crippen LogP contribution in [0.4, 0.5) is 11.4 Å². The molecule has 0 saturated carbocycles. The van der Waals surface area contributed by atoms with Gasteiger partial charge in [-0.25, -0.2) is 9.78 Å². The van der Waals surface area contributed by atoms with Crippen LogP contribution >= 0.6 is 43.2 Å². The van der Waals surface area contributed by atoms with Crippen LogP contribution in [0.5, 0.6) is 11.5 Å². The molecule has 2 heterocycles. The molecule has 1 saturated heterocycles. The van der Waals surface area contributed by atoms with Gasteiger partial charge < -0.3 is 37.2 Å². The van der Waals surface area contributed by atoms with Gasteiger partial charge in [-0.05, 0) is 47.2 Å². The van der Waals surface area contributed by atoms with Crippen molar-refractivity contribution in [1.29, 1.82) is 0 Å². The average Bonchev–Trinajstić information content (AvgIpc) is 3.41. The van der Waals surface area contributed by atoms with Crippen molar-refractivity contribution < 1.29 is 39.0 Å². The molecule has 8 N–H and O–H groups in total. The second-order valence-corrected chi connectivity index (χ2v) is 14.7. The maximum atomic E-state index is 12.0. The Kier molecular flexibility index (Phi) is 19.4. The Morgan fingerprint density at radius 2 is 1.32 bits per heavy atom. The van der Waals surface area contributed by atoms with E-state index in [2.05, 4.69) is 15.6 Å². The first-order valence-corrected chi connectivity index (χ1v) is 20.1. The molecule has 4 rings (SSSR count). The Morgan fingerprint density at radius 3 is 1.78 bits per heavy atom. The van der Waals surface area contributed by atoms with Gasteiger partial charge in [-0.15, -0.1) is 5.06 Å². The quantitative estimate of drug-likeness (QED) is 0.0536. The summed E-state index contributed by atoms with van der Waals surface area (Å²) in [6.45, 7) is 4.87. The molecule has 0 aliphatic carbocycles. The number of hydrogen-bond acceptors (Lipinski definition) is 15. The zero-order valence-electron chi connectivity index (χ0n) is 27.5. The molecule has 0 unspecified atom stereocenters. The first kappa shape index (κ1) is 41.9. The Morgan fingerprint density at radius 1 is 0.800 bits per heavy atom. The molecule has 18 heteroatoms. The lowest BCUT2D eigenvalue weighted by atomic mass is 10.1. The van der Waals surface area contributed by atoms with Crippen LogP contribution in [-0.2, 0) is 19.2 Å². The summed E-state index contributed by atoms with van der Waals surface area (Å²) in [7, 11) is 6.02. The number of carbonyl (C=O) groups excluding carboxylic acids is 5. The normalized spacial score (nSPS) is 11.8. The standard InChI is InChI=1S/C18H22N4O4S2.C12H12N2O4S2.C2H6/c19-11-1-3-13(15(23)9-11)17(25)21-5-7-27-28-8-6-22-18(26)14-4-2-12(20)10-16(14)24;15-10-4-5-11(16)14(10)18-12(17)6-8-19-20-9-3-1-2-7-13-9;1-2/h1-4,9-10,23-24H,5-8,19-20H2,(H,21,25)(H,22,26);1-3,7H,4-6,8H2;1-2H3. The molecule has 0 radical (unpaired) electrons. The van der Waals surface area contributed by atoms with E-state index in [9.17, 15) is 34.2 Å². The predicted molar refractivity (Wildman–Crippen MR) is 200 cm³/mol. The van der Waals surface area contributed by atoms with Crippen molar-refractivity contribution >= 4 is 84.1 Å². The number of pyridine rings is 1. The monoisotopic (exact) mass is 764 g/mol. The number of nitrogens with zero attached hydrogens (tertiary/aromatic N) is 2. The van der Waals surface area contributed by atoms with Crippen LogP contribution < -0.4 is 22.1 Å². The third kappa shape index (κ3) is 15.1. The number of amides is 4. The summed E-state index contributed by atoms with van der Waals surface area (Å²) in [5, 5.41) is 26.3. The number of nitrogens with one attached hydrogen (secondary N) is 2. The minimum atomic E-state index is -0.581. The lowest BCUT2D eigenvalue weighted by Gasteiger charge is -2.12. The molecular weight excluding hydrogens is 725 g/mol. The molecule has 1 aliphatic rings.